The summed E-state index contributed by atoms with van der Waals surface area (Å²) in [5, 5.41) is 14.2. The zero-order chi connectivity index (χ0) is 29.2. The number of carboxylic acid groups (broad SMARTS) is 2. The second-order valence-electron chi connectivity index (χ2n) is 7.99. The molecule has 10 nitrogen and oxygen atoms in total. The first-order chi connectivity index (χ1) is 18.2. The topological polar surface area (TPSA) is 139 Å². The number of halogens is 6. The monoisotopic (exact) mass is 567 g/mol. The molecule has 3 atom stereocenters. The Hall–Kier alpha value is -3.79. The summed E-state index contributed by atoms with van der Waals surface area (Å²) in [5.41, 5.74) is 1.58. The van der Waals surface area contributed by atoms with E-state index in [-0.39, 0.29) is 24.2 Å². The first-order valence-corrected chi connectivity index (χ1v) is 11.2. The summed E-state index contributed by atoms with van der Waals surface area (Å²) in [4.78, 5) is 40.8. The summed E-state index contributed by atoms with van der Waals surface area (Å²) in [6.45, 7) is 1.63. The van der Waals surface area contributed by atoms with Crippen LogP contribution in [0.15, 0.2) is 48.9 Å². The van der Waals surface area contributed by atoms with Gasteiger partial charge in [0.1, 0.15) is 6.10 Å². The van der Waals surface area contributed by atoms with Crippen molar-refractivity contribution in [3.05, 3.63) is 60.2 Å². The number of rotatable bonds is 4. The van der Waals surface area contributed by atoms with E-state index in [0.29, 0.717) is 25.3 Å². The summed E-state index contributed by atoms with van der Waals surface area (Å²) >= 11 is 0. The molecule has 2 fully saturated rings. The number of alkyl halides is 6. The van der Waals surface area contributed by atoms with Crippen LogP contribution in [0.25, 0.3) is 0 Å². The van der Waals surface area contributed by atoms with Gasteiger partial charge in [0.25, 0.3) is 5.91 Å². The zero-order valence-corrected chi connectivity index (χ0v) is 19.9. The van der Waals surface area contributed by atoms with Crippen LogP contribution >= 0.6 is 0 Å². The van der Waals surface area contributed by atoms with E-state index in [1.165, 1.54) is 0 Å². The fraction of sp³-hybridized carbons (Fsp3) is 0.435. The van der Waals surface area contributed by atoms with Gasteiger partial charge in [-0.25, -0.2) is 9.59 Å². The van der Waals surface area contributed by atoms with Gasteiger partial charge >= 0.3 is 24.3 Å². The molecule has 4 rings (SSSR count). The van der Waals surface area contributed by atoms with Crippen molar-refractivity contribution >= 4 is 17.8 Å². The normalized spacial score (nSPS) is 20.5. The zero-order valence-electron chi connectivity index (χ0n) is 19.9. The molecule has 39 heavy (non-hydrogen) atoms. The predicted molar refractivity (Wildman–Crippen MR) is 118 cm³/mol. The van der Waals surface area contributed by atoms with Crippen LogP contribution in [-0.2, 0) is 25.7 Å². The van der Waals surface area contributed by atoms with E-state index >= 15 is 0 Å². The number of aliphatic carboxylic acids is 2. The van der Waals surface area contributed by atoms with Gasteiger partial charge < -0.3 is 24.6 Å². The van der Waals surface area contributed by atoms with Crippen LogP contribution in [0.4, 0.5) is 26.3 Å². The average molecular weight is 567 g/mol. The Morgan fingerprint density at radius 1 is 0.949 bits per heavy atom. The number of ether oxygens (including phenoxy) is 2. The number of hydrogen-bond acceptors (Lipinski definition) is 7. The van der Waals surface area contributed by atoms with Crippen LogP contribution in [0.3, 0.4) is 0 Å². The van der Waals surface area contributed by atoms with Crippen molar-refractivity contribution < 1.29 is 60.4 Å². The molecule has 0 bridgehead atoms. The molecule has 1 amide bonds. The molecule has 16 heteroatoms. The van der Waals surface area contributed by atoms with Crippen molar-refractivity contribution in [2.24, 2.45) is 0 Å². The van der Waals surface area contributed by atoms with Gasteiger partial charge in [0.15, 0.2) is 0 Å². The maximum absolute atomic E-state index is 12.8. The maximum atomic E-state index is 12.8. The van der Waals surface area contributed by atoms with Crippen LogP contribution in [0.2, 0.25) is 0 Å². The molecule has 0 radical (unpaired) electrons. The number of nitrogens with zero attached hydrogens (tertiary/aromatic N) is 3. The van der Waals surface area contributed by atoms with Crippen LogP contribution in [0.5, 0.6) is 0 Å². The number of fused-ring (bicyclic) bond motifs is 1. The number of amides is 1. The van der Waals surface area contributed by atoms with Crippen LogP contribution < -0.4 is 0 Å². The quantitative estimate of drug-likeness (QED) is 0.533. The fourth-order valence-electron chi connectivity index (χ4n) is 3.68. The largest absolute Gasteiger partial charge is 0.490 e. The van der Waals surface area contributed by atoms with E-state index in [0.717, 1.165) is 18.5 Å². The number of pyridine rings is 2. The molecular weight excluding hydrogens is 544 g/mol. The molecule has 0 unspecified atom stereocenters. The van der Waals surface area contributed by atoms with Gasteiger partial charge in [-0.15, -0.1) is 0 Å². The van der Waals surface area contributed by atoms with Gasteiger partial charge in [-0.3, -0.25) is 14.8 Å². The van der Waals surface area contributed by atoms with Crippen molar-refractivity contribution in [3.8, 4) is 0 Å². The SMILES string of the molecule is O=C(O)C(F)(F)F.O=C(O)C(F)(F)F.O=C(c1ccncc1)N1CCO[C@H]2[C@H](OCc3ccccn3)CC[C@@H]21. The highest BCUT2D eigenvalue weighted by Crippen LogP contribution is 2.33. The number of carbonyl (C=O) groups is 3. The van der Waals surface area contributed by atoms with Gasteiger partial charge in [0.2, 0.25) is 0 Å². The van der Waals surface area contributed by atoms with E-state index < -0.39 is 24.3 Å². The van der Waals surface area contributed by atoms with Crippen molar-refractivity contribution in [1.82, 2.24) is 14.9 Å². The Labute approximate surface area is 217 Å². The summed E-state index contributed by atoms with van der Waals surface area (Å²) in [5.74, 6) is -5.47. The average Bonchev–Trinajstić information content (AvgIpc) is 3.31. The molecule has 2 aromatic heterocycles. The maximum Gasteiger partial charge on any atom is 0.490 e. The Morgan fingerprint density at radius 2 is 1.54 bits per heavy atom. The summed E-state index contributed by atoms with van der Waals surface area (Å²) in [6.07, 6.45) is -3.38. The minimum absolute atomic E-state index is 0.0000427. The Balaban J connectivity index is 0.000000317. The van der Waals surface area contributed by atoms with Crippen molar-refractivity contribution in [2.75, 3.05) is 13.2 Å². The van der Waals surface area contributed by atoms with Crippen molar-refractivity contribution in [1.29, 1.82) is 0 Å². The van der Waals surface area contributed by atoms with Crippen molar-refractivity contribution in [2.45, 2.75) is 50.1 Å². The Bertz CT molecular complexity index is 1060. The van der Waals surface area contributed by atoms with Gasteiger partial charge in [0, 0.05) is 30.7 Å². The number of morpholine rings is 1. The minimum atomic E-state index is -5.08. The summed E-state index contributed by atoms with van der Waals surface area (Å²) < 4.78 is 75.5. The number of carbonyl (C=O) groups excluding carboxylic acids is 1. The van der Waals surface area contributed by atoms with Gasteiger partial charge in [-0.1, -0.05) is 6.07 Å². The highest BCUT2D eigenvalue weighted by Gasteiger charge is 2.45. The molecule has 1 aliphatic carbocycles. The third-order valence-corrected chi connectivity index (χ3v) is 5.38. The molecule has 2 aromatic rings. The molecule has 0 spiro atoms. The first-order valence-electron chi connectivity index (χ1n) is 11.2. The molecule has 2 aliphatic rings. The second-order valence-corrected chi connectivity index (χ2v) is 7.99. The molecule has 214 valence electrons. The standard InChI is InChI=1S/C19H21N3O3.2C2HF3O2/c23-19(14-6-9-20-10-7-14)22-11-12-24-18-16(22)4-5-17(18)25-13-15-3-1-2-8-21-15;2*3-2(4,5)1(6)7/h1-3,6-10,16-18H,4-5,11-13H2;2*(H,6,7)/t16-,17+,18+;;/m0../s1. The van der Waals surface area contributed by atoms with E-state index in [4.69, 9.17) is 29.3 Å². The predicted octanol–water partition coefficient (Wildman–Crippen LogP) is 3.33. The van der Waals surface area contributed by atoms with E-state index in [1.54, 1.807) is 30.7 Å². The molecular formula is C23H23F6N3O7. The smallest absolute Gasteiger partial charge is 0.475 e. The second kappa shape index (κ2) is 13.8. The molecule has 1 saturated carbocycles. The third-order valence-electron chi connectivity index (χ3n) is 5.38. The van der Waals surface area contributed by atoms with Gasteiger partial charge in [0.05, 0.1) is 31.1 Å². The van der Waals surface area contributed by atoms with E-state index in [2.05, 4.69) is 9.97 Å². The van der Waals surface area contributed by atoms with Crippen molar-refractivity contribution in [3.63, 3.8) is 0 Å². The lowest BCUT2D eigenvalue weighted by Gasteiger charge is -2.39. The Morgan fingerprint density at radius 3 is 2.05 bits per heavy atom. The molecule has 1 saturated heterocycles. The lowest BCUT2D eigenvalue weighted by atomic mass is 10.1. The van der Waals surface area contributed by atoms with E-state index in [9.17, 15) is 31.1 Å². The van der Waals surface area contributed by atoms with Gasteiger partial charge in [-0.05, 0) is 37.1 Å². The molecule has 2 N–H and O–H groups in total. The lowest BCUT2D eigenvalue weighted by Crippen LogP contribution is -2.53. The lowest BCUT2D eigenvalue weighted by molar-refractivity contribution is -0.193. The highest BCUT2D eigenvalue weighted by atomic mass is 19.4. The van der Waals surface area contributed by atoms with E-state index in [1.807, 2.05) is 23.1 Å². The summed E-state index contributed by atoms with van der Waals surface area (Å²) in [6, 6.07) is 9.39. The highest BCUT2D eigenvalue weighted by molar-refractivity contribution is 5.94. The first kappa shape index (κ1) is 31.4. The molecule has 1 aliphatic heterocycles. The minimum Gasteiger partial charge on any atom is -0.475 e. The number of carboxylic acids is 2. The van der Waals surface area contributed by atoms with Crippen LogP contribution in [0.1, 0.15) is 28.9 Å². The van der Waals surface area contributed by atoms with Gasteiger partial charge in [-0.2, -0.15) is 26.3 Å². The number of aromatic nitrogens is 2. The number of hydrogen-bond donors (Lipinski definition) is 2. The van der Waals surface area contributed by atoms with Crippen LogP contribution in [-0.4, -0.2) is 86.7 Å². The molecule has 0 aromatic carbocycles. The fourth-order valence-corrected chi connectivity index (χ4v) is 3.68. The van der Waals surface area contributed by atoms with Crippen LogP contribution in [0, 0.1) is 0 Å². The Kier molecular flexibility index (Phi) is 11.2. The molecule has 3 heterocycles. The summed E-state index contributed by atoms with van der Waals surface area (Å²) in [7, 11) is 0. The third kappa shape index (κ3) is 9.79.